The Kier molecular flexibility index (Phi) is 7.22. The van der Waals surface area contributed by atoms with Gasteiger partial charge in [0.1, 0.15) is 18.5 Å². The fourth-order valence-electron chi connectivity index (χ4n) is 4.96. The van der Waals surface area contributed by atoms with Crippen LogP contribution < -0.4 is 15.4 Å². The van der Waals surface area contributed by atoms with Gasteiger partial charge in [-0.1, -0.05) is 26.7 Å². The molecule has 3 amide bonds. The smallest absolute Gasteiger partial charge is 0.257 e. The molecule has 2 heterocycles. The second-order valence-corrected chi connectivity index (χ2v) is 9.78. The molecule has 3 atom stereocenters. The van der Waals surface area contributed by atoms with Gasteiger partial charge in [0.05, 0.1) is 24.1 Å². The minimum atomic E-state index is -0.301. The molecule has 0 bridgehead atoms. The summed E-state index contributed by atoms with van der Waals surface area (Å²) in [7, 11) is 1.78. The number of carbonyl (C=O) groups is 3. The summed E-state index contributed by atoms with van der Waals surface area (Å²) >= 11 is 0. The second kappa shape index (κ2) is 10.1. The SMILES string of the molecule is CC(C)C(=O)Nc1ccc2c(c1)C(=O)N(C)[C@H]1CC[C@@H](CC(=O)NC3CCCC3)O[C@H]1CO2. The Labute approximate surface area is 195 Å². The highest BCUT2D eigenvalue weighted by molar-refractivity contribution is 6.00. The topological polar surface area (TPSA) is 97.0 Å². The Morgan fingerprint density at radius 3 is 2.64 bits per heavy atom. The van der Waals surface area contributed by atoms with E-state index in [1.54, 1.807) is 30.1 Å². The monoisotopic (exact) mass is 457 g/mol. The number of nitrogens with zero attached hydrogens (tertiary/aromatic N) is 1. The van der Waals surface area contributed by atoms with E-state index < -0.39 is 0 Å². The van der Waals surface area contributed by atoms with Crippen molar-refractivity contribution in [3.63, 3.8) is 0 Å². The van der Waals surface area contributed by atoms with Crippen LogP contribution in [0, 0.1) is 5.92 Å². The van der Waals surface area contributed by atoms with Gasteiger partial charge in [-0.25, -0.2) is 0 Å². The van der Waals surface area contributed by atoms with E-state index in [2.05, 4.69) is 10.6 Å². The zero-order valence-electron chi connectivity index (χ0n) is 19.8. The molecule has 1 aliphatic carbocycles. The molecule has 0 radical (unpaired) electrons. The van der Waals surface area contributed by atoms with E-state index in [1.165, 1.54) is 12.8 Å². The van der Waals surface area contributed by atoms with Gasteiger partial charge in [-0.2, -0.15) is 0 Å². The van der Waals surface area contributed by atoms with Gasteiger partial charge in [-0.15, -0.1) is 0 Å². The predicted octanol–water partition coefficient (Wildman–Crippen LogP) is 3.11. The van der Waals surface area contributed by atoms with E-state index >= 15 is 0 Å². The molecule has 2 N–H and O–H groups in total. The average Bonchev–Trinajstić information content (AvgIpc) is 3.29. The zero-order chi connectivity index (χ0) is 23.5. The van der Waals surface area contributed by atoms with Gasteiger partial charge in [0.2, 0.25) is 11.8 Å². The number of hydrogen-bond donors (Lipinski definition) is 2. The van der Waals surface area contributed by atoms with Crippen LogP contribution in [-0.4, -0.2) is 60.6 Å². The fraction of sp³-hybridized carbons (Fsp3) is 0.640. The summed E-state index contributed by atoms with van der Waals surface area (Å²) in [6.45, 7) is 3.94. The highest BCUT2D eigenvalue weighted by Crippen LogP contribution is 2.32. The molecule has 0 unspecified atom stereocenters. The molecule has 0 aromatic heterocycles. The van der Waals surface area contributed by atoms with Crippen LogP contribution in [0.2, 0.25) is 0 Å². The Morgan fingerprint density at radius 1 is 1.15 bits per heavy atom. The summed E-state index contributed by atoms with van der Waals surface area (Å²) < 4.78 is 12.3. The number of benzene rings is 1. The van der Waals surface area contributed by atoms with Gasteiger partial charge in [-0.05, 0) is 43.9 Å². The minimum Gasteiger partial charge on any atom is -0.490 e. The third-order valence-electron chi connectivity index (χ3n) is 6.94. The lowest BCUT2D eigenvalue weighted by atomic mass is 9.94. The van der Waals surface area contributed by atoms with Crippen LogP contribution >= 0.6 is 0 Å². The molecule has 0 spiro atoms. The van der Waals surface area contributed by atoms with E-state index in [1.807, 2.05) is 13.8 Å². The van der Waals surface area contributed by atoms with E-state index in [-0.39, 0.29) is 41.9 Å². The number of ether oxygens (including phenoxy) is 2. The number of hydrogen-bond acceptors (Lipinski definition) is 5. The molecule has 8 heteroatoms. The number of carbonyl (C=O) groups excluding carboxylic acids is 3. The van der Waals surface area contributed by atoms with Gasteiger partial charge in [-0.3, -0.25) is 14.4 Å². The fourth-order valence-corrected chi connectivity index (χ4v) is 4.96. The van der Waals surface area contributed by atoms with Gasteiger partial charge < -0.3 is 25.0 Å². The molecule has 2 fully saturated rings. The second-order valence-electron chi connectivity index (χ2n) is 9.78. The number of fused-ring (bicyclic) bond motifs is 2. The van der Waals surface area contributed by atoms with Crippen LogP contribution in [0.5, 0.6) is 5.75 Å². The largest absolute Gasteiger partial charge is 0.490 e. The average molecular weight is 458 g/mol. The van der Waals surface area contributed by atoms with E-state index in [0.29, 0.717) is 42.5 Å². The van der Waals surface area contributed by atoms with Crippen molar-refractivity contribution in [2.75, 3.05) is 19.0 Å². The lowest BCUT2D eigenvalue weighted by Crippen LogP contribution is -2.54. The Bertz CT molecular complexity index is 896. The van der Waals surface area contributed by atoms with E-state index in [9.17, 15) is 14.4 Å². The van der Waals surface area contributed by atoms with Crippen LogP contribution in [0.4, 0.5) is 5.69 Å². The molecule has 8 nitrogen and oxygen atoms in total. The third kappa shape index (κ3) is 5.49. The first-order chi connectivity index (χ1) is 15.8. The Morgan fingerprint density at radius 2 is 1.91 bits per heavy atom. The predicted molar refractivity (Wildman–Crippen MR) is 124 cm³/mol. The van der Waals surface area contributed by atoms with Crippen molar-refractivity contribution in [3.05, 3.63) is 23.8 Å². The number of amides is 3. The molecule has 1 aromatic carbocycles. The molecular formula is C25H35N3O5. The number of likely N-dealkylation sites (N-methyl/N-ethyl adjacent to an activating group) is 1. The lowest BCUT2D eigenvalue weighted by molar-refractivity contribution is -0.134. The normalized spacial score (nSPS) is 25.5. The molecule has 1 saturated carbocycles. The number of anilines is 1. The van der Waals surface area contributed by atoms with E-state index in [4.69, 9.17) is 9.47 Å². The Hall–Kier alpha value is -2.61. The zero-order valence-corrected chi connectivity index (χ0v) is 19.8. The van der Waals surface area contributed by atoms with Crippen molar-refractivity contribution < 1.29 is 23.9 Å². The molecule has 2 aliphatic heterocycles. The molecular weight excluding hydrogens is 422 g/mol. The summed E-state index contributed by atoms with van der Waals surface area (Å²) in [6.07, 6.45) is 5.81. The van der Waals surface area contributed by atoms with E-state index in [0.717, 1.165) is 19.3 Å². The van der Waals surface area contributed by atoms with Crippen LogP contribution in [0.3, 0.4) is 0 Å². The van der Waals surface area contributed by atoms with Crippen molar-refractivity contribution in [2.24, 2.45) is 5.92 Å². The van der Waals surface area contributed by atoms with Crippen molar-refractivity contribution in [1.82, 2.24) is 10.2 Å². The number of nitrogens with one attached hydrogen (secondary N) is 2. The summed E-state index contributed by atoms with van der Waals surface area (Å²) in [5.41, 5.74) is 0.999. The summed E-state index contributed by atoms with van der Waals surface area (Å²) in [5.74, 6) is 0.0861. The summed E-state index contributed by atoms with van der Waals surface area (Å²) in [6, 6.07) is 5.30. The first-order valence-corrected chi connectivity index (χ1v) is 12.1. The molecule has 33 heavy (non-hydrogen) atoms. The van der Waals surface area contributed by atoms with Crippen LogP contribution in [-0.2, 0) is 14.3 Å². The molecule has 1 aromatic rings. The first kappa shape index (κ1) is 23.5. The van der Waals surface area contributed by atoms with Crippen molar-refractivity contribution in [2.45, 2.75) is 83.1 Å². The summed E-state index contributed by atoms with van der Waals surface area (Å²) in [5, 5.41) is 5.97. The minimum absolute atomic E-state index is 0.0443. The van der Waals surface area contributed by atoms with Crippen molar-refractivity contribution in [1.29, 1.82) is 0 Å². The maximum Gasteiger partial charge on any atom is 0.257 e. The van der Waals surface area contributed by atoms with Crippen LogP contribution in [0.25, 0.3) is 0 Å². The molecule has 180 valence electrons. The quantitative estimate of drug-likeness (QED) is 0.708. The van der Waals surface area contributed by atoms with Crippen molar-refractivity contribution >= 4 is 23.4 Å². The maximum atomic E-state index is 13.3. The third-order valence-corrected chi connectivity index (χ3v) is 6.94. The molecule has 3 aliphatic rings. The number of rotatable bonds is 5. The highest BCUT2D eigenvalue weighted by atomic mass is 16.5. The van der Waals surface area contributed by atoms with Gasteiger partial charge in [0, 0.05) is 24.7 Å². The summed E-state index contributed by atoms with van der Waals surface area (Å²) in [4.78, 5) is 39.5. The maximum absolute atomic E-state index is 13.3. The molecule has 4 rings (SSSR count). The van der Waals surface area contributed by atoms with Crippen LogP contribution in [0.1, 0.15) is 69.2 Å². The first-order valence-electron chi connectivity index (χ1n) is 12.1. The van der Waals surface area contributed by atoms with Crippen LogP contribution in [0.15, 0.2) is 18.2 Å². The van der Waals surface area contributed by atoms with Gasteiger partial charge >= 0.3 is 0 Å². The Balaban J connectivity index is 1.42. The highest BCUT2D eigenvalue weighted by Gasteiger charge is 2.39. The standard InChI is InChI=1S/C25H35N3O5/c1-15(2)24(30)27-17-8-11-21-19(12-17)25(31)28(3)20-10-9-18(33-22(20)14-32-21)13-23(29)26-16-6-4-5-7-16/h8,11-12,15-16,18,20,22H,4-7,9-10,13-14H2,1-3H3,(H,26,29)(H,27,30)/t18-,20-,22-/m0/s1. The van der Waals surface area contributed by atoms with Gasteiger partial charge in [0.25, 0.3) is 5.91 Å². The van der Waals surface area contributed by atoms with Gasteiger partial charge in [0.15, 0.2) is 0 Å². The lowest BCUT2D eigenvalue weighted by Gasteiger charge is -2.42. The van der Waals surface area contributed by atoms with Crippen molar-refractivity contribution in [3.8, 4) is 5.75 Å². The molecule has 1 saturated heterocycles.